The van der Waals surface area contributed by atoms with Crippen LogP contribution in [0.25, 0.3) is 0 Å². The van der Waals surface area contributed by atoms with Crippen molar-refractivity contribution < 1.29 is 14.3 Å². The third-order valence-electron chi connectivity index (χ3n) is 3.60. The van der Waals surface area contributed by atoms with Gasteiger partial charge in [-0.05, 0) is 48.4 Å². The molecule has 24 heavy (non-hydrogen) atoms. The fourth-order valence-corrected chi connectivity index (χ4v) is 2.13. The topological polar surface area (TPSA) is 58.6 Å². The number of amides is 1. The van der Waals surface area contributed by atoms with Crippen molar-refractivity contribution in [1.82, 2.24) is 0 Å². The first-order chi connectivity index (χ1) is 11.5. The maximum absolute atomic E-state index is 12.0. The Bertz CT molecular complexity index is 692. The molecule has 2 aromatic carbocycles. The lowest BCUT2D eigenvalue weighted by atomic mass is 10.1. The average Bonchev–Trinajstić information content (AvgIpc) is 2.60. The number of rotatable bonds is 6. The summed E-state index contributed by atoms with van der Waals surface area (Å²) in [5.41, 5.74) is 3.28. The van der Waals surface area contributed by atoms with Crippen molar-refractivity contribution in [1.29, 1.82) is 0 Å². The number of aryl methyl sites for hydroxylation is 1. The van der Waals surface area contributed by atoms with Gasteiger partial charge in [0.1, 0.15) is 0 Å². The van der Waals surface area contributed by atoms with Crippen molar-refractivity contribution in [3.05, 3.63) is 59.7 Å². The number of carbonyl (C=O) groups is 2. The first-order valence-electron chi connectivity index (χ1n) is 7.83. The van der Waals surface area contributed by atoms with Crippen molar-refractivity contribution in [2.24, 2.45) is 0 Å². The molecule has 0 bridgehead atoms. The number of hydrogen-bond acceptors (Lipinski definition) is 4. The lowest BCUT2D eigenvalue weighted by Crippen LogP contribution is -2.21. The summed E-state index contributed by atoms with van der Waals surface area (Å²) in [4.78, 5) is 25.7. The van der Waals surface area contributed by atoms with Crippen LogP contribution in [0.5, 0.6) is 0 Å². The summed E-state index contributed by atoms with van der Waals surface area (Å²) in [5.74, 6) is -0.880. The Hall–Kier alpha value is -2.82. The molecule has 0 fully saturated rings. The Morgan fingerprint density at radius 3 is 2.17 bits per heavy atom. The minimum absolute atomic E-state index is 0.316. The first-order valence-corrected chi connectivity index (χ1v) is 7.83. The largest absolute Gasteiger partial charge is 0.452 e. The maximum Gasteiger partial charge on any atom is 0.338 e. The van der Waals surface area contributed by atoms with Gasteiger partial charge in [0.05, 0.1) is 5.56 Å². The fraction of sp³-hybridized carbons (Fsp3) is 0.263. The number of carbonyl (C=O) groups excluding carboxylic acids is 2. The number of esters is 1. The van der Waals surface area contributed by atoms with Gasteiger partial charge < -0.3 is 15.0 Å². The summed E-state index contributed by atoms with van der Waals surface area (Å²) in [6.07, 6.45) is 0.943. The summed E-state index contributed by atoms with van der Waals surface area (Å²) < 4.78 is 5.04. The molecule has 0 aliphatic heterocycles. The predicted octanol–water partition coefficient (Wildman–Crippen LogP) is 3.11. The molecule has 0 spiro atoms. The van der Waals surface area contributed by atoms with Gasteiger partial charge in [-0.1, -0.05) is 19.1 Å². The van der Waals surface area contributed by atoms with E-state index < -0.39 is 5.97 Å². The molecule has 1 amide bonds. The van der Waals surface area contributed by atoms with E-state index in [1.54, 1.807) is 12.1 Å². The van der Waals surface area contributed by atoms with Crippen LogP contribution in [0.4, 0.5) is 11.4 Å². The molecule has 0 aromatic heterocycles. The zero-order valence-corrected chi connectivity index (χ0v) is 14.2. The van der Waals surface area contributed by atoms with Crippen molar-refractivity contribution in [2.45, 2.75) is 13.3 Å². The zero-order valence-electron chi connectivity index (χ0n) is 14.2. The van der Waals surface area contributed by atoms with E-state index in [0.717, 1.165) is 12.1 Å². The molecule has 126 valence electrons. The Labute approximate surface area is 142 Å². The highest BCUT2D eigenvalue weighted by molar-refractivity contribution is 5.95. The third-order valence-corrected chi connectivity index (χ3v) is 3.60. The van der Waals surface area contributed by atoms with Crippen molar-refractivity contribution >= 4 is 23.3 Å². The molecule has 0 aliphatic carbocycles. The molecular weight excluding hydrogens is 304 g/mol. The minimum atomic E-state index is -0.517. The SMILES string of the molecule is CCc1ccc(NC(=O)COC(=O)c2ccc(N(C)C)cc2)cc1. The fourth-order valence-electron chi connectivity index (χ4n) is 2.13. The summed E-state index contributed by atoms with van der Waals surface area (Å²) in [6.45, 7) is 1.75. The van der Waals surface area contributed by atoms with E-state index in [9.17, 15) is 9.59 Å². The molecule has 0 saturated heterocycles. The van der Waals surface area contributed by atoms with Gasteiger partial charge >= 0.3 is 5.97 Å². The van der Waals surface area contributed by atoms with E-state index in [-0.39, 0.29) is 12.5 Å². The van der Waals surface area contributed by atoms with Crippen LogP contribution in [0.3, 0.4) is 0 Å². The lowest BCUT2D eigenvalue weighted by molar-refractivity contribution is -0.119. The van der Waals surface area contributed by atoms with Crippen LogP contribution in [0.2, 0.25) is 0 Å². The molecule has 0 atom stereocenters. The molecule has 5 heteroatoms. The van der Waals surface area contributed by atoms with Crippen molar-refractivity contribution in [3.8, 4) is 0 Å². The molecule has 1 N–H and O–H groups in total. The Morgan fingerprint density at radius 1 is 1.00 bits per heavy atom. The quantitative estimate of drug-likeness (QED) is 0.829. The van der Waals surface area contributed by atoms with E-state index in [2.05, 4.69) is 12.2 Å². The molecular formula is C19H22N2O3. The van der Waals surface area contributed by atoms with Crippen LogP contribution in [-0.4, -0.2) is 32.6 Å². The van der Waals surface area contributed by atoms with Crippen LogP contribution < -0.4 is 10.2 Å². The van der Waals surface area contributed by atoms with Crippen LogP contribution in [0, 0.1) is 0 Å². The molecule has 5 nitrogen and oxygen atoms in total. The Morgan fingerprint density at radius 2 is 1.62 bits per heavy atom. The van der Waals surface area contributed by atoms with E-state index in [1.807, 2.05) is 55.4 Å². The van der Waals surface area contributed by atoms with E-state index in [0.29, 0.717) is 11.3 Å². The number of ether oxygens (including phenoxy) is 1. The molecule has 0 radical (unpaired) electrons. The summed E-state index contributed by atoms with van der Waals surface area (Å²) in [7, 11) is 3.84. The number of anilines is 2. The summed E-state index contributed by atoms with van der Waals surface area (Å²) >= 11 is 0. The molecule has 0 unspecified atom stereocenters. The number of nitrogens with one attached hydrogen (secondary N) is 1. The van der Waals surface area contributed by atoms with E-state index >= 15 is 0 Å². The highest BCUT2D eigenvalue weighted by atomic mass is 16.5. The van der Waals surface area contributed by atoms with E-state index in [4.69, 9.17) is 4.74 Å². The second kappa shape index (κ2) is 8.15. The lowest BCUT2D eigenvalue weighted by Gasteiger charge is -2.12. The summed E-state index contributed by atoms with van der Waals surface area (Å²) in [5, 5.41) is 2.70. The molecule has 0 heterocycles. The molecule has 2 rings (SSSR count). The van der Waals surface area contributed by atoms with Gasteiger partial charge in [0.25, 0.3) is 5.91 Å². The monoisotopic (exact) mass is 326 g/mol. The van der Waals surface area contributed by atoms with Gasteiger partial charge in [-0.2, -0.15) is 0 Å². The first kappa shape index (κ1) is 17.5. The minimum Gasteiger partial charge on any atom is -0.452 e. The Kier molecular flexibility index (Phi) is 5.95. The van der Waals surface area contributed by atoms with E-state index in [1.165, 1.54) is 5.56 Å². The van der Waals surface area contributed by atoms with Gasteiger partial charge in [-0.25, -0.2) is 4.79 Å². The average molecular weight is 326 g/mol. The number of benzene rings is 2. The summed E-state index contributed by atoms with van der Waals surface area (Å²) in [6, 6.07) is 14.6. The normalized spacial score (nSPS) is 10.1. The molecule has 0 aliphatic rings. The van der Waals surface area contributed by atoms with Gasteiger partial charge in [-0.15, -0.1) is 0 Å². The Balaban J connectivity index is 1.85. The number of hydrogen-bond donors (Lipinski definition) is 1. The van der Waals surface area contributed by atoms with Gasteiger partial charge in [-0.3, -0.25) is 4.79 Å². The zero-order chi connectivity index (χ0) is 17.5. The van der Waals surface area contributed by atoms with Gasteiger partial charge in [0.15, 0.2) is 6.61 Å². The van der Waals surface area contributed by atoms with Crippen LogP contribution >= 0.6 is 0 Å². The highest BCUT2D eigenvalue weighted by Crippen LogP contribution is 2.13. The third kappa shape index (κ3) is 4.84. The maximum atomic E-state index is 12.0. The van der Waals surface area contributed by atoms with Crippen LogP contribution in [0.15, 0.2) is 48.5 Å². The van der Waals surface area contributed by atoms with Gasteiger partial charge in [0.2, 0.25) is 0 Å². The smallest absolute Gasteiger partial charge is 0.338 e. The van der Waals surface area contributed by atoms with Crippen molar-refractivity contribution in [3.63, 3.8) is 0 Å². The molecule has 2 aromatic rings. The van der Waals surface area contributed by atoms with Crippen molar-refractivity contribution in [2.75, 3.05) is 30.9 Å². The highest BCUT2D eigenvalue weighted by Gasteiger charge is 2.10. The van der Waals surface area contributed by atoms with Crippen LogP contribution in [-0.2, 0) is 16.0 Å². The second-order valence-electron chi connectivity index (χ2n) is 5.62. The number of nitrogens with zero attached hydrogens (tertiary/aromatic N) is 1. The van der Waals surface area contributed by atoms with Gasteiger partial charge in [0, 0.05) is 25.5 Å². The predicted molar refractivity (Wildman–Crippen MR) is 95.5 cm³/mol. The molecule has 0 saturated carbocycles. The standard InChI is InChI=1S/C19H22N2O3/c1-4-14-5-9-16(10-6-14)20-18(22)13-24-19(23)15-7-11-17(12-8-15)21(2)3/h5-12H,4,13H2,1-3H3,(H,20,22). The van der Waals surface area contributed by atoms with Crippen LogP contribution in [0.1, 0.15) is 22.8 Å². The second-order valence-corrected chi connectivity index (χ2v) is 5.62.